The molecule has 3 heterocycles. The van der Waals surface area contributed by atoms with E-state index in [1.807, 2.05) is 18.2 Å². The second-order valence-corrected chi connectivity index (χ2v) is 9.28. The lowest BCUT2D eigenvalue weighted by Crippen LogP contribution is -2.48. The number of amides is 1. The van der Waals surface area contributed by atoms with Gasteiger partial charge in [-0.25, -0.2) is 9.37 Å². The molecule has 6 rings (SSSR count). The number of rotatable bonds is 5. The highest BCUT2D eigenvalue weighted by atomic mass is 19.1. The van der Waals surface area contributed by atoms with Gasteiger partial charge in [-0.05, 0) is 48.6 Å². The van der Waals surface area contributed by atoms with Gasteiger partial charge in [0.05, 0.1) is 17.0 Å². The summed E-state index contributed by atoms with van der Waals surface area (Å²) in [4.78, 5) is 21.9. The average molecular weight is 455 g/mol. The number of benzene rings is 2. The molecule has 34 heavy (non-hydrogen) atoms. The molecule has 2 aliphatic rings. The number of carbonyl (C=O) groups excluding carboxylic acids is 1. The predicted octanol–water partition coefficient (Wildman–Crippen LogP) is 4.98. The first kappa shape index (κ1) is 21.1. The van der Waals surface area contributed by atoms with Gasteiger partial charge in [-0.15, -0.1) is 0 Å². The molecule has 0 bridgehead atoms. The molecule has 2 fully saturated rings. The molecule has 1 saturated carbocycles. The normalized spacial score (nSPS) is 16.8. The van der Waals surface area contributed by atoms with Crippen LogP contribution in [0.25, 0.3) is 16.9 Å². The van der Waals surface area contributed by atoms with Crippen molar-refractivity contribution < 1.29 is 9.18 Å². The number of aromatic nitrogens is 2. The fourth-order valence-electron chi connectivity index (χ4n) is 4.88. The number of hydrogen-bond donors (Lipinski definition) is 0. The third-order valence-corrected chi connectivity index (χ3v) is 7.00. The standard InChI is InChI=1S/C28H27FN4O/c29-24-6-2-1-5-23(24)28(34)32-17-15-31(16-18-32)19-25-27(30-26-7-3-4-14-33(25)26)22-12-10-21(11-13-22)20-8-9-20/h1-7,10-14,20H,8-9,15-19H2. The molecule has 4 aromatic rings. The van der Waals surface area contributed by atoms with Gasteiger partial charge in [-0.2, -0.15) is 0 Å². The Morgan fingerprint density at radius 3 is 2.38 bits per heavy atom. The van der Waals surface area contributed by atoms with Crippen molar-refractivity contribution in [3.8, 4) is 11.3 Å². The number of halogens is 1. The maximum absolute atomic E-state index is 14.1. The summed E-state index contributed by atoms with van der Waals surface area (Å²) in [6, 6.07) is 21.2. The predicted molar refractivity (Wildman–Crippen MR) is 130 cm³/mol. The zero-order chi connectivity index (χ0) is 23.1. The molecule has 0 N–H and O–H groups in total. The monoisotopic (exact) mass is 454 g/mol. The van der Waals surface area contributed by atoms with E-state index in [1.165, 1.54) is 24.5 Å². The summed E-state index contributed by atoms with van der Waals surface area (Å²) in [5, 5.41) is 0. The summed E-state index contributed by atoms with van der Waals surface area (Å²) in [6.07, 6.45) is 4.66. The highest BCUT2D eigenvalue weighted by Crippen LogP contribution is 2.40. The first-order chi connectivity index (χ1) is 16.7. The van der Waals surface area contributed by atoms with Crippen molar-refractivity contribution in [3.05, 3.63) is 95.6 Å². The zero-order valence-electron chi connectivity index (χ0n) is 19.0. The topological polar surface area (TPSA) is 40.9 Å². The van der Waals surface area contributed by atoms with E-state index < -0.39 is 5.82 Å². The molecule has 6 heteroatoms. The van der Waals surface area contributed by atoms with Crippen LogP contribution in [0.3, 0.4) is 0 Å². The van der Waals surface area contributed by atoms with Crippen LogP contribution in [0.1, 0.15) is 40.4 Å². The molecule has 0 unspecified atom stereocenters. The summed E-state index contributed by atoms with van der Waals surface area (Å²) in [5.41, 5.74) is 5.81. The van der Waals surface area contributed by atoms with Crippen molar-refractivity contribution in [2.24, 2.45) is 0 Å². The summed E-state index contributed by atoms with van der Waals surface area (Å²) < 4.78 is 16.3. The third-order valence-electron chi connectivity index (χ3n) is 7.00. The molecule has 5 nitrogen and oxygen atoms in total. The Bertz CT molecular complexity index is 1330. The van der Waals surface area contributed by atoms with Gasteiger partial charge in [0, 0.05) is 44.5 Å². The molecule has 0 radical (unpaired) electrons. The maximum Gasteiger partial charge on any atom is 0.256 e. The molecule has 1 saturated heterocycles. The zero-order valence-corrected chi connectivity index (χ0v) is 19.0. The largest absolute Gasteiger partial charge is 0.336 e. The van der Waals surface area contributed by atoms with Crippen LogP contribution in [0.15, 0.2) is 72.9 Å². The number of imidazole rings is 1. The van der Waals surface area contributed by atoms with Crippen molar-refractivity contribution in [2.45, 2.75) is 25.3 Å². The minimum Gasteiger partial charge on any atom is -0.336 e. The van der Waals surface area contributed by atoms with Crippen LogP contribution in [0, 0.1) is 5.82 Å². The van der Waals surface area contributed by atoms with E-state index in [4.69, 9.17) is 4.98 Å². The molecule has 2 aromatic heterocycles. The van der Waals surface area contributed by atoms with Crippen LogP contribution in [-0.2, 0) is 6.54 Å². The van der Waals surface area contributed by atoms with Gasteiger partial charge >= 0.3 is 0 Å². The smallest absolute Gasteiger partial charge is 0.256 e. The summed E-state index contributed by atoms with van der Waals surface area (Å²) >= 11 is 0. The number of piperazine rings is 1. The van der Waals surface area contributed by atoms with Crippen LogP contribution in [0.2, 0.25) is 0 Å². The van der Waals surface area contributed by atoms with Crippen LogP contribution in [0.4, 0.5) is 4.39 Å². The number of fused-ring (bicyclic) bond motifs is 1. The molecular weight excluding hydrogens is 427 g/mol. The average Bonchev–Trinajstić information content (AvgIpc) is 3.67. The fraction of sp³-hybridized carbons (Fsp3) is 0.286. The van der Waals surface area contributed by atoms with Gasteiger partial charge in [0.1, 0.15) is 11.5 Å². The Kier molecular flexibility index (Phi) is 5.38. The Morgan fingerprint density at radius 2 is 1.65 bits per heavy atom. The van der Waals surface area contributed by atoms with Crippen molar-refractivity contribution in [3.63, 3.8) is 0 Å². The molecule has 0 atom stereocenters. The van der Waals surface area contributed by atoms with Gasteiger partial charge in [-0.3, -0.25) is 9.69 Å². The Morgan fingerprint density at radius 1 is 0.912 bits per heavy atom. The van der Waals surface area contributed by atoms with Gasteiger partial charge in [0.2, 0.25) is 0 Å². The van der Waals surface area contributed by atoms with Gasteiger partial charge in [-0.1, -0.05) is 42.5 Å². The number of carbonyl (C=O) groups is 1. The summed E-state index contributed by atoms with van der Waals surface area (Å²) in [5.74, 6) is 0.0416. The van der Waals surface area contributed by atoms with E-state index in [1.54, 1.807) is 23.1 Å². The molecular formula is C28H27FN4O. The van der Waals surface area contributed by atoms with Crippen LogP contribution >= 0.6 is 0 Å². The van der Waals surface area contributed by atoms with Crippen LogP contribution in [-0.4, -0.2) is 51.3 Å². The van der Waals surface area contributed by atoms with E-state index >= 15 is 0 Å². The van der Waals surface area contributed by atoms with Gasteiger partial charge in [0.25, 0.3) is 5.91 Å². The van der Waals surface area contributed by atoms with E-state index in [2.05, 4.69) is 39.8 Å². The third kappa shape index (κ3) is 3.99. The Labute approximate surface area is 198 Å². The van der Waals surface area contributed by atoms with Crippen molar-refractivity contribution in [2.75, 3.05) is 26.2 Å². The lowest BCUT2D eigenvalue weighted by atomic mass is 10.0. The second-order valence-electron chi connectivity index (χ2n) is 9.28. The van der Waals surface area contributed by atoms with Crippen LogP contribution in [0.5, 0.6) is 0 Å². The molecule has 1 aliphatic heterocycles. The SMILES string of the molecule is O=C(c1ccccc1F)N1CCN(Cc2c(-c3ccc(C4CC4)cc3)nc3ccccn23)CC1. The maximum atomic E-state index is 14.1. The number of hydrogen-bond acceptors (Lipinski definition) is 3. The van der Waals surface area contributed by atoms with E-state index in [0.717, 1.165) is 48.2 Å². The molecule has 2 aromatic carbocycles. The van der Waals surface area contributed by atoms with Crippen molar-refractivity contribution >= 4 is 11.6 Å². The first-order valence-electron chi connectivity index (χ1n) is 12.0. The lowest BCUT2D eigenvalue weighted by molar-refractivity contribution is 0.0622. The quantitative estimate of drug-likeness (QED) is 0.427. The Balaban J connectivity index is 1.21. The van der Waals surface area contributed by atoms with Crippen molar-refractivity contribution in [1.29, 1.82) is 0 Å². The highest BCUT2D eigenvalue weighted by Gasteiger charge is 2.26. The summed E-state index contributed by atoms with van der Waals surface area (Å²) in [6.45, 7) is 3.37. The van der Waals surface area contributed by atoms with E-state index in [-0.39, 0.29) is 11.5 Å². The van der Waals surface area contributed by atoms with E-state index in [9.17, 15) is 9.18 Å². The van der Waals surface area contributed by atoms with Gasteiger partial charge < -0.3 is 9.30 Å². The lowest BCUT2D eigenvalue weighted by Gasteiger charge is -2.34. The minimum absolute atomic E-state index is 0.148. The summed E-state index contributed by atoms with van der Waals surface area (Å²) in [7, 11) is 0. The first-order valence-corrected chi connectivity index (χ1v) is 12.0. The van der Waals surface area contributed by atoms with E-state index in [0.29, 0.717) is 13.1 Å². The van der Waals surface area contributed by atoms with Crippen molar-refractivity contribution in [1.82, 2.24) is 19.2 Å². The Hall–Kier alpha value is -3.51. The molecule has 0 spiro atoms. The van der Waals surface area contributed by atoms with Crippen LogP contribution < -0.4 is 0 Å². The molecule has 172 valence electrons. The minimum atomic E-state index is -0.460. The highest BCUT2D eigenvalue weighted by molar-refractivity contribution is 5.94. The molecule has 1 aliphatic carbocycles. The molecule has 1 amide bonds. The number of pyridine rings is 1. The fourth-order valence-corrected chi connectivity index (χ4v) is 4.88. The van der Waals surface area contributed by atoms with Gasteiger partial charge in [0.15, 0.2) is 0 Å². The number of nitrogens with zero attached hydrogens (tertiary/aromatic N) is 4. The second kappa shape index (κ2) is 8.69.